The van der Waals surface area contributed by atoms with E-state index in [0.29, 0.717) is 23.7 Å². The number of nitrogens with one attached hydrogen (secondary N) is 1. The first-order chi connectivity index (χ1) is 14.2. The Kier molecular flexibility index (Phi) is 8.24. The van der Waals surface area contributed by atoms with Crippen molar-refractivity contribution in [3.63, 3.8) is 0 Å². The molecule has 1 N–H and O–H groups in total. The third kappa shape index (κ3) is 6.22. The monoisotopic (exact) mass is 413 g/mol. The van der Waals surface area contributed by atoms with Gasteiger partial charge in [-0.2, -0.15) is 0 Å². The summed E-state index contributed by atoms with van der Waals surface area (Å²) < 4.78 is 10.6. The number of rotatable bonds is 9. The van der Waals surface area contributed by atoms with Gasteiger partial charge in [0.15, 0.2) is 11.5 Å². The van der Waals surface area contributed by atoms with Gasteiger partial charge in [0.05, 0.1) is 26.8 Å². The zero-order valence-corrected chi connectivity index (χ0v) is 18.6. The van der Waals surface area contributed by atoms with Gasteiger partial charge in [0.2, 0.25) is 11.8 Å². The molecule has 0 aromatic heterocycles. The summed E-state index contributed by atoms with van der Waals surface area (Å²) in [5, 5.41) is 2.81. The lowest BCUT2D eigenvalue weighted by Crippen LogP contribution is -2.46. The second kappa shape index (κ2) is 10.6. The lowest BCUT2D eigenvalue weighted by Gasteiger charge is -2.28. The Balaban J connectivity index is 1.93. The molecule has 162 valence electrons. The van der Waals surface area contributed by atoms with Gasteiger partial charge >= 0.3 is 0 Å². The van der Waals surface area contributed by atoms with Crippen LogP contribution in [0.5, 0.6) is 11.5 Å². The maximum Gasteiger partial charge on any atom is 0.243 e. The van der Waals surface area contributed by atoms with Crippen LogP contribution in [0.2, 0.25) is 0 Å². The first-order valence-electron chi connectivity index (χ1n) is 9.77. The summed E-state index contributed by atoms with van der Waals surface area (Å²) in [6.45, 7) is 4.35. The van der Waals surface area contributed by atoms with E-state index in [1.807, 2.05) is 68.3 Å². The number of methoxy groups -OCH3 is 2. The number of nitrogens with zero attached hydrogens (tertiary/aromatic N) is 2. The molecule has 1 atom stereocenters. The third-order valence-corrected chi connectivity index (χ3v) is 4.99. The number of benzene rings is 2. The van der Waals surface area contributed by atoms with Crippen LogP contribution in [0.15, 0.2) is 42.5 Å². The van der Waals surface area contributed by atoms with Crippen molar-refractivity contribution in [2.45, 2.75) is 26.4 Å². The quantitative estimate of drug-likeness (QED) is 0.684. The van der Waals surface area contributed by atoms with E-state index in [0.717, 1.165) is 11.1 Å². The molecule has 0 heterocycles. The Morgan fingerprint density at radius 3 is 2.23 bits per heavy atom. The van der Waals surface area contributed by atoms with Crippen LogP contribution >= 0.6 is 0 Å². The highest BCUT2D eigenvalue weighted by molar-refractivity contribution is 5.95. The molecule has 0 bridgehead atoms. The number of ether oxygens (including phenoxy) is 2. The highest BCUT2D eigenvalue weighted by Gasteiger charge is 2.23. The maximum absolute atomic E-state index is 12.8. The van der Waals surface area contributed by atoms with Crippen molar-refractivity contribution >= 4 is 17.5 Å². The first-order valence-corrected chi connectivity index (χ1v) is 9.77. The molecule has 2 aromatic carbocycles. The predicted molar refractivity (Wildman–Crippen MR) is 118 cm³/mol. The van der Waals surface area contributed by atoms with E-state index in [4.69, 9.17) is 9.47 Å². The van der Waals surface area contributed by atoms with Crippen molar-refractivity contribution in [1.82, 2.24) is 9.80 Å². The van der Waals surface area contributed by atoms with Gasteiger partial charge in [-0.25, -0.2) is 0 Å². The van der Waals surface area contributed by atoms with Crippen molar-refractivity contribution < 1.29 is 19.1 Å². The minimum atomic E-state index is -0.393. The fourth-order valence-electron chi connectivity index (χ4n) is 3.04. The molecule has 0 aliphatic carbocycles. The highest BCUT2D eigenvalue weighted by atomic mass is 16.5. The number of amides is 2. The zero-order valence-electron chi connectivity index (χ0n) is 18.6. The van der Waals surface area contributed by atoms with Crippen LogP contribution in [-0.4, -0.2) is 62.5 Å². The molecule has 2 rings (SSSR count). The topological polar surface area (TPSA) is 71.1 Å². The van der Waals surface area contributed by atoms with Crippen LogP contribution < -0.4 is 14.8 Å². The Labute approximate surface area is 178 Å². The molecule has 0 aliphatic rings. The van der Waals surface area contributed by atoms with Crippen molar-refractivity contribution in [1.29, 1.82) is 0 Å². The van der Waals surface area contributed by atoms with E-state index < -0.39 is 6.04 Å². The number of hydrogen-bond donors (Lipinski definition) is 1. The van der Waals surface area contributed by atoms with Gasteiger partial charge in [-0.15, -0.1) is 0 Å². The van der Waals surface area contributed by atoms with Crippen molar-refractivity contribution in [2.24, 2.45) is 0 Å². The molecule has 0 spiro atoms. The Hall–Kier alpha value is -3.06. The molecule has 2 aromatic rings. The SMILES string of the molecule is COc1ccc(CN(C)[C@@H](C)C(=O)N(C)CC(=O)Nc2ccc(C)cc2)cc1OC. The molecule has 0 fully saturated rings. The van der Waals surface area contributed by atoms with E-state index in [1.165, 1.54) is 4.90 Å². The summed E-state index contributed by atoms with van der Waals surface area (Å²) in [5.41, 5.74) is 2.83. The summed E-state index contributed by atoms with van der Waals surface area (Å²) in [7, 11) is 6.70. The Bertz CT molecular complexity index is 867. The molecule has 30 heavy (non-hydrogen) atoms. The van der Waals surface area contributed by atoms with Gasteiger partial charge in [-0.05, 0) is 50.7 Å². The minimum Gasteiger partial charge on any atom is -0.493 e. The van der Waals surface area contributed by atoms with E-state index in [-0.39, 0.29) is 18.4 Å². The number of likely N-dealkylation sites (N-methyl/N-ethyl adjacent to an activating group) is 2. The Morgan fingerprint density at radius 1 is 1.00 bits per heavy atom. The average Bonchev–Trinajstić information content (AvgIpc) is 2.73. The fourth-order valence-corrected chi connectivity index (χ4v) is 3.04. The summed E-state index contributed by atoms with van der Waals surface area (Å²) in [4.78, 5) is 28.4. The molecule has 0 unspecified atom stereocenters. The zero-order chi connectivity index (χ0) is 22.3. The first kappa shape index (κ1) is 23.2. The highest BCUT2D eigenvalue weighted by Crippen LogP contribution is 2.28. The number of carbonyl (C=O) groups excluding carboxylic acids is 2. The molecular weight excluding hydrogens is 382 g/mol. The molecule has 7 nitrogen and oxygen atoms in total. The standard InChI is InChI=1S/C23H31N3O4/c1-16-7-10-19(11-8-16)24-22(27)15-26(4)23(28)17(2)25(3)14-18-9-12-20(29-5)21(13-18)30-6/h7-13,17H,14-15H2,1-6H3,(H,24,27)/t17-/m0/s1. The molecule has 7 heteroatoms. The van der Waals surface area contributed by atoms with Crippen LogP contribution in [0.3, 0.4) is 0 Å². The minimum absolute atomic E-state index is 0.0127. The molecule has 2 amide bonds. The van der Waals surface area contributed by atoms with Gasteiger partial charge in [-0.1, -0.05) is 23.8 Å². The molecule has 0 saturated heterocycles. The largest absolute Gasteiger partial charge is 0.493 e. The van der Waals surface area contributed by atoms with Crippen LogP contribution in [0.1, 0.15) is 18.1 Å². The second-order valence-electron chi connectivity index (χ2n) is 7.39. The smallest absolute Gasteiger partial charge is 0.243 e. The van der Waals surface area contributed by atoms with Crippen LogP contribution in [-0.2, 0) is 16.1 Å². The van der Waals surface area contributed by atoms with Crippen molar-refractivity contribution in [2.75, 3.05) is 40.2 Å². The molecule has 0 radical (unpaired) electrons. The maximum atomic E-state index is 12.8. The number of hydrogen-bond acceptors (Lipinski definition) is 5. The van der Waals surface area contributed by atoms with Gasteiger partial charge in [-0.3, -0.25) is 14.5 Å². The number of anilines is 1. The molecule has 0 saturated carbocycles. The third-order valence-electron chi connectivity index (χ3n) is 4.99. The van der Waals surface area contributed by atoms with Crippen LogP contribution in [0, 0.1) is 6.92 Å². The van der Waals surface area contributed by atoms with Crippen LogP contribution in [0.4, 0.5) is 5.69 Å². The lowest BCUT2D eigenvalue weighted by molar-refractivity contribution is -0.137. The van der Waals surface area contributed by atoms with Crippen molar-refractivity contribution in [3.05, 3.63) is 53.6 Å². The fraction of sp³-hybridized carbons (Fsp3) is 0.391. The number of carbonyl (C=O) groups is 2. The van der Waals surface area contributed by atoms with E-state index in [2.05, 4.69) is 5.32 Å². The average molecular weight is 414 g/mol. The lowest BCUT2D eigenvalue weighted by atomic mass is 10.1. The van der Waals surface area contributed by atoms with Crippen molar-refractivity contribution in [3.8, 4) is 11.5 Å². The summed E-state index contributed by atoms with van der Waals surface area (Å²) >= 11 is 0. The Morgan fingerprint density at radius 2 is 1.63 bits per heavy atom. The summed E-state index contributed by atoms with van der Waals surface area (Å²) in [5.74, 6) is 0.945. The van der Waals surface area contributed by atoms with Gasteiger partial charge in [0, 0.05) is 19.3 Å². The van der Waals surface area contributed by atoms with Gasteiger partial charge < -0.3 is 19.7 Å². The van der Waals surface area contributed by atoms with Gasteiger partial charge in [0.1, 0.15) is 0 Å². The molecule has 0 aliphatic heterocycles. The van der Waals surface area contributed by atoms with E-state index in [1.54, 1.807) is 21.3 Å². The molecular formula is C23H31N3O4. The predicted octanol–water partition coefficient (Wildman–Crippen LogP) is 2.93. The van der Waals surface area contributed by atoms with Gasteiger partial charge in [0.25, 0.3) is 0 Å². The normalized spacial score (nSPS) is 11.7. The number of aryl methyl sites for hydroxylation is 1. The summed E-state index contributed by atoms with van der Waals surface area (Å²) in [6.07, 6.45) is 0. The van der Waals surface area contributed by atoms with E-state index >= 15 is 0 Å². The second-order valence-corrected chi connectivity index (χ2v) is 7.39. The summed E-state index contributed by atoms with van der Waals surface area (Å²) in [6, 6.07) is 12.8. The van der Waals surface area contributed by atoms with Crippen LogP contribution in [0.25, 0.3) is 0 Å². The van der Waals surface area contributed by atoms with E-state index in [9.17, 15) is 9.59 Å².